The second-order valence-corrected chi connectivity index (χ2v) is 8.69. The van der Waals surface area contributed by atoms with Gasteiger partial charge in [-0.2, -0.15) is 0 Å². The van der Waals surface area contributed by atoms with Crippen molar-refractivity contribution >= 4 is 13.0 Å². The molecule has 0 heterocycles. The van der Waals surface area contributed by atoms with Crippen LogP contribution in [0, 0.1) is 11.3 Å². The van der Waals surface area contributed by atoms with Crippen molar-refractivity contribution in [2.24, 2.45) is 11.3 Å². The number of rotatable bonds is 10. The Kier molecular flexibility index (Phi) is 8.46. The fourth-order valence-corrected chi connectivity index (χ4v) is 4.14. The molecule has 1 amide bonds. The maximum absolute atomic E-state index is 12.2. The molecular formula is C21H38BNO3. The lowest BCUT2D eigenvalue weighted by molar-refractivity contribution is -0.0828. The van der Waals surface area contributed by atoms with Gasteiger partial charge in [-0.05, 0) is 56.9 Å². The van der Waals surface area contributed by atoms with E-state index in [0.29, 0.717) is 11.3 Å². The monoisotopic (exact) mass is 363 g/mol. The van der Waals surface area contributed by atoms with Crippen molar-refractivity contribution in [3.05, 3.63) is 24.3 Å². The molecule has 0 aliphatic heterocycles. The van der Waals surface area contributed by atoms with Crippen LogP contribution in [0.1, 0.15) is 67.2 Å². The normalized spacial score (nSPS) is 20.7. The summed E-state index contributed by atoms with van der Waals surface area (Å²) in [5.41, 5.74) is 1.01. The van der Waals surface area contributed by atoms with E-state index in [-0.39, 0.29) is 25.1 Å². The smallest absolute Gasteiger partial charge is 0.407 e. The Morgan fingerprint density at radius 1 is 1.46 bits per heavy atom. The molecule has 4 nitrogen and oxygen atoms in total. The van der Waals surface area contributed by atoms with Crippen LogP contribution >= 0.6 is 0 Å². The largest absolute Gasteiger partial charge is 0.445 e. The van der Waals surface area contributed by atoms with E-state index in [0.717, 1.165) is 18.4 Å². The van der Waals surface area contributed by atoms with Gasteiger partial charge < -0.3 is 14.7 Å². The first-order valence-corrected chi connectivity index (χ1v) is 9.96. The van der Waals surface area contributed by atoms with Crippen molar-refractivity contribution in [3.8, 4) is 0 Å². The lowest BCUT2D eigenvalue weighted by Crippen LogP contribution is -2.55. The highest BCUT2D eigenvalue weighted by Gasteiger charge is 2.48. The van der Waals surface area contributed by atoms with Crippen molar-refractivity contribution in [2.45, 2.75) is 85.6 Å². The van der Waals surface area contributed by atoms with E-state index < -0.39 is 6.09 Å². The van der Waals surface area contributed by atoms with Gasteiger partial charge in [0.05, 0.1) is 0 Å². The zero-order valence-electron chi connectivity index (χ0n) is 17.9. The Hall–Kier alpha value is -1.23. The van der Waals surface area contributed by atoms with Crippen LogP contribution in [0.5, 0.6) is 0 Å². The first-order valence-electron chi connectivity index (χ1n) is 9.96. The molecule has 1 aliphatic carbocycles. The number of carbonyl (C=O) groups excluding carboxylic acids is 1. The highest BCUT2D eigenvalue weighted by atomic mass is 16.5. The molecule has 1 saturated carbocycles. The van der Waals surface area contributed by atoms with Crippen LogP contribution in [-0.2, 0) is 9.39 Å². The summed E-state index contributed by atoms with van der Waals surface area (Å²) in [5, 5.41) is 2.99. The van der Waals surface area contributed by atoms with Gasteiger partial charge in [-0.25, -0.2) is 4.79 Å². The first-order chi connectivity index (χ1) is 12.1. The SMILES string of the molecule is C=CC(=CC)COC(=O)NC(CCC)B(C)OC(C)(C)C1CCC1(C)C. The third-order valence-corrected chi connectivity index (χ3v) is 5.82. The zero-order valence-corrected chi connectivity index (χ0v) is 17.9. The van der Waals surface area contributed by atoms with Crippen LogP contribution in [-0.4, -0.2) is 31.2 Å². The molecule has 26 heavy (non-hydrogen) atoms. The first kappa shape index (κ1) is 22.8. The van der Waals surface area contributed by atoms with Gasteiger partial charge in [-0.3, -0.25) is 0 Å². The Labute approximate surface area is 160 Å². The molecule has 0 bridgehead atoms. The summed E-state index contributed by atoms with van der Waals surface area (Å²) in [6, 6.07) is 0. The predicted molar refractivity (Wildman–Crippen MR) is 110 cm³/mol. The Morgan fingerprint density at radius 2 is 2.12 bits per heavy atom. The van der Waals surface area contributed by atoms with Gasteiger partial charge in [0.15, 0.2) is 0 Å². The zero-order chi connectivity index (χ0) is 20.0. The van der Waals surface area contributed by atoms with E-state index in [1.165, 1.54) is 12.8 Å². The molecule has 1 N–H and O–H groups in total. The second-order valence-electron chi connectivity index (χ2n) is 8.69. The van der Waals surface area contributed by atoms with Gasteiger partial charge >= 0.3 is 13.0 Å². The van der Waals surface area contributed by atoms with Gasteiger partial charge in [-0.1, -0.05) is 52.7 Å². The molecule has 1 rings (SSSR count). The van der Waals surface area contributed by atoms with E-state index in [1.54, 1.807) is 6.08 Å². The maximum atomic E-state index is 12.2. The fraction of sp³-hybridized carbons (Fsp3) is 0.762. The third-order valence-electron chi connectivity index (χ3n) is 5.82. The Morgan fingerprint density at radius 3 is 2.54 bits per heavy atom. The third kappa shape index (κ3) is 6.19. The van der Waals surface area contributed by atoms with E-state index in [4.69, 9.17) is 9.39 Å². The fourth-order valence-electron chi connectivity index (χ4n) is 4.14. The van der Waals surface area contributed by atoms with Gasteiger partial charge in [-0.15, -0.1) is 0 Å². The number of hydrogen-bond donors (Lipinski definition) is 1. The summed E-state index contributed by atoms with van der Waals surface area (Å²) in [6.07, 6.45) is 7.47. The quantitative estimate of drug-likeness (QED) is 0.417. The molecule has 1 fully saturated rings. The number of allylic oxidation sites excluding steroid dienone is 1. The molecule has 5 heteroatoms. The van der Waals surface area contributed by atoms with Gasteiger partial charge in [0.1, 0.15) is 6.61 Å². The molecule has 0 saturated heterocycles. The van der Waals surface area contributed by atoms with E-state index >= 15 is 0 Å². The summed E-state index contributed by atoms with van der Waals surface area (Å²) < 4.78 is 11.8. The van der Waals surface area contributed by atoms with Gasteiger partial charge in [0.2, 0.25) is 0 Å². The Bertz CT molecular complexity index is 513. The van der Waals surface area contributed by atoms with E-state index in [1.807, 2.05) is 13.0 Å². The summed E-state index contributed by atoms with van der Waals surface area (Å²) in [7, 11) is 0. The second kappa shape index (κ2) is 9.64. The average molecular weight is 363 g/mol. The number of hydrogen-bond acceptors (Lipinski definition) is 3. The molecule has 0 aromatic heterocycles. The number of nitrogens with one attached hydrogen (secondary N) is 1. The highest BCUT2D eigenvalue weighted by Crippen LogP contribution is 2.52. The number of ether oxygens (including phenoxy) is 1. The molecule has 148 valence electrons. The van der Waals surface area contributed by atoms with Gasteiger partial charge in [0, 0.05) is 11.5 Å². The molecular weight excluding hydrogens is 325 g/mol. The number of carbonyl (C=O) groups is 1. The van der Waals surface area contributed by atoms with Crippen molar-refractivity contribution in [1.82, 2.24) is 5.32 Å². The van der Waals surface area contributed by atoms with E-state index in [2.05, 4.69) is 53.3 Å². The van der Waals surface area contributed by atoms with Gasteiger partial charge in [0.25, 0.3) is 0 Å². The lowest BCUT2D eigenvalue weighted by Gasteiger charge is -2.53. The van der Waals surface area contributed by atoms with Crippen LogP contribution in [0.4, 0.5) is 4.79 Å². The van der Waals surface area contributed by atoms with Crippen LogP contribution in [0.25, 0.3) is 0 Å². The number of alkyl carbamates (subject to hydrolysis) is 1. The molecule has 0 aromatic rings. The van der Waals surface area contributed by atoms with Crippen LogP contribution < -0.4 is 5.32 Å². The molecule has 0 aromatic carbocycles. The topological polar surface area (TPSA) is 47.6 Å². The molecule has 0 radical (unpaired) electrons. The lowest BCUT2D eigenvalue weighted by atomic mass is 9.54. The summed E-state index contributed by atoms with van der Waals surface area (Å²) in [5.74, 6) is 0.476. The van der Waals surface area contributed by atoms with Crippen molar-refractivity contribution in [3.63, 3.8) is 0 Å². The maximum Gasteiger partial charge on any atom is 0.407 e. The standard InChI is InChI=1S/C21H38BNO3/c1-9-12-18(23-19(24)25-15-16(10-2)11-3)22(8)26-21(6,7)17-13-14-20(17,4)5/h10-11,17-18H,2,9,12-15H2,1,3-8H3,(H,23,24). The predicted octanol–water partition coefficient (Wildman–Crippen LogP) is 5.41. The van der Waals surface area contributed by atoms with Crippen molar-refractivity contribution in [2.75, 3.05) is 6.61 Å². The molecule has 0 spiro atoms. The van der Waals surface area contributed by atoms with Crippen LogP contribution in [0.3, 0.4) is 0 Å². The minimum absolute atomic E-state index is 0.0623. The highest BCUT2D eigenvalue weighted by molar-refractivity contribution is 6.52. The summed E-state index contributed by atoms with van der Waals surface area (Å²) in [6.45, 7) is 18.9. The Balaban J connectivity index is 2.64. The van der Waals surface area contributed by atoms with E-state index in [9.17, 15) is 4.79 Å². The summed E-state index contributed by atoms with van der Waals surface area (Å²) >= 11 is 0. The van der Waals surface area contributed by atoms with Crippen molar-refractivity contribution < 1.29 is 14.2 Å². The summed E-state index contributed by atoms with van der Waals surface area (Å²) in [4.78, 5) is 12.2. The van der Waals surface area contributed by atoms with Crippen molar-refractivity contribution in [1.29, 1.82) is 0 Å². The molecule has 2 unspecified atom stereocenters. The van der Waals surface area contributed by atoms with Crippen LogP contribution in [0.15, 0.2) is 24.3 Å². The van der Waals surface area contributed by atoms with Crippen LogP contribution in [0.2, 0.25) is 6.82 Å². The average Bonchev–Trinajstić information content (AvgIpc) is 2.53. The molecule has 1 aliphatic rings. The number of amides is 1. The minimum atomic E-state index is -0.401. The minimum Gasteiger partial charge on any atom is -0.445 e. The molecule has 2 atom stereocenters.